The summed E-state index contributed by atoms with van der Waals surface area (Å²) in [7, 11) is 1.49. The summed E-state index contributed by atoms with van der Waals surface area (Å²) in [5.74, 6) is -17.7. The van der Waals surface area contributed by atoms with Gasteiger partial charge in [0, 0.05) is 54.3 Å². The number of carboxylic acids is 1. The van der Waals surface area contributed by atoms with Crippen molar-refractivity contribution in [1.82, 2.24) is 74.1 Å². The predicted molar refractivity (Wildman–Crippen MR) is 425 cm³/mol. The number of carbonyl (C=O) groups is 15. The van der Waals surface area contributed by atoms with E-state index in [1.54, 1.807) is 121 Å². The van der Waals surface area contributed by atoms with E-state index in [1.165, 1.54) is 6.92 Å². The van der Waals surface area contributed by atoms with Gasteiger partial charge in [0.05, 0.1) is 31.8 Å². The molecule has 1 saturated heterocycles. The lowest BCUT2D eigenvalue weighted by atomic mass is 10.00. The number of nitrogens with one attached hydrogen (secondary N) is 14. The van der Waals surface area contributed by atoms with Crippen LogP contribution in [0.5, 0.6) is 0 Å². The van der Waals surface area contributed by atoms with E-state index in [1.807, 2.05) is 0 Å². The molecule has 0 saturated carbocycles. The van der Waals surface area contributed by atoms with Crippen molar-refractivity contribution >= 4 is 121 Å². The third kappa shape index (κ3) is 30.3. The molecular formula is C76H104N18O19S2. The predicted octanol–water partition coefficient (Wildman–Crippen LogP) is -4.91. The number of aromatic amines is 1. The molecule has 1 aliphatic heterocycles. The number of hydrogen-bond donors (Lipinski definition) is 22. The summed E-state index contributed by atoms with van der Waals surface area (Å²) in [5.41, 5.74) is 25.4. The Kier molecular flexibility index (Phi) is 38.4. The van der Waals surface area contributed by atoms with Crippen molar-refractivity contribution < 1.29 is 92.3 Å². The largest absolute Gasteiger partial charge is 0.480 e. The Bertz CT molecular complexity index is 4130. The van der Waals surface area contributed by atoms with Crippen molar-refractivity contribution in [2.75, 3.05) is 37.7 Å². The Labute approximate surface area is 670 Å². The van der Waals surface area contributed by atoms with E-state index < -0.39 is 210 Å². The van der Waals surface area contributed by atoms with Gasteiger partial charge in [-0.3, -0.25) is 67.1 Å². The number of carboxylic acid groups (broad SMARTS) is 1. The molecule has 115 heavy (non-hydrogen) atoms. The van der Waals surface area contributed by atoms with Crippen molar-refractivity contribution in [3.8, 4) is 0 Å². The van der Waals surface area contributed by atoms with Crippen LogP contribution >= 0.6 is 21.6 Å². The highest BCUT2D eigenvalue weighted by molar-refractivity contribution is 8.76. The summed E-state index contributed by atoms with van der Waals surface area (Å²) in [6.07, 6.45) is -3.48. The Morgan fingerprint density at radius 2 is 0.843 bits per heavy atom. The first-order valence-corrected chi connectivity index (χ1v) is 39.9. The second-order valence-corrected chi connectivity index (χ2v) is 30.1. The molecule has 0 aliphatic carbocycles. The molecule has 5 aromatic rings. The van der Waals surface area contributed by atoms with Crippen molar-refractivity contribution in [2.24, 2.45) is 22.9 Å². The first kappa shape index (κ1) is 92.8. The van der Waals surface area contributed by atoms with Crippen LogP contribution in [0.3, 0.4) is 0 Å². The first-order chi connectivity index (χ1) is 54.9. The number of para-hydroxylation sites is 1. The fourth-order valence-corrected chi connectivity index (χ4v) is 14.4. The number of amides is 14. The number of hydrogen-bond acceptors (Lipinski definition) is 23. The lowest BCUT2D eigenvalue weighted by molar-refractivity contribution is -0.142. The van der Waals surface area contributed by atoms with Gasteiger partial charge in [0.15, 0.2) is 0 Å². The number of benzene rings is 4. The molecule has 39 heteroatoms. The van der Waals surface area contributed by atoms with E-state index in [0.29, 0.717) is 39.6 Å². The van der Waals surface area contributed by atoms with Gasteiger partial charge in [0.1, 0.15) is 78.5 Å². The van der Waals surface area contributed by atoms with E-state index in [-0.39, 0.29) is 70.9 Å². The molecule has 624 valence electrons. The molecule has 1 fully saturated rings. The lowest BCUT2D eigenvalue weighted by Crippen LogP contribution is -2.63. The quantitative estimate of drug-likeness (QED) is 0.0182. The van der Waals surface area contributed by atoms with Gasteiger partial charge in [0.25, 0.3) is 0 Å². The monoisotopic (exact) mass is 1640 g/mol. The summed E-state index contributed by atoms with van der Waals surface area (Å²) in [6, 6.07) is 9.30. The van der Waals surface area contributed by atoms with Crippen LogP contribution < -0.4 is 92.1 Å². The van der Waals surface area contributed by atoms with Gasteiger partial charge in [-0.1, -0.05) is 131 Å². The number of fused-ring (bicyclic) bond motifs is 1. The zero-order chi connectivity index (χ0) is 84.3. The van der Waals surface area contributed by atoms with Crippen LogP contribution in [0.1, 0.15) is 88.0 Å². The van der Waals surface area contributed by atoms with Crippen LogP contribution in [0.15, 0.2) is 121 Å². The number of H-pyrrole nitrogens is 1. The summed E-state index contributed by atoms with van der Waals surface area (Å²) < 4.78 is 0. The molecule has 37 nitrogen and oxygen atoms in total. The lowest BCUT2D eigenvalue weighted by Gasteiger charge is -2.29. The number of nitrogens with two attached hydrogens (primary N) is 4. The maximum atomic E-state index is 15.4. The summed E-state index contributed by atoms with van der Waals surface area (Å²) in [5, 5.41) is 76.2. The van der Waals surface area contributed by atoms with Crippen LogP contribution in [-0.4, -0.2) is 243 Å². The molecule has 6 rings (SSSR count). The maximum absolute atomic E-state index is 15.4. The van der Waals surface area contributed by atoms with Gasteiger partial charge in [-0.05, 0) is 101 Å². The smallest absolute Gasteiger partial charge is 0.327 e. The number of rotatable bonds is 26. The Morgan fingerprint density at radius 1 is 0.461 bits per heavy atom. The Hall–Kier alpha value is -11.1. The topological polar surface area (TPSA) is 613 Å². The van der Waals surface area contributed by atoms with Gasteiger partial charge in [0.2, 0.25) is 82.7 Å². The second kappa shape index (κ2) is 47.6. The molecular weight excluding hydrogens is 1530 g/mol. The van der Waals surface area contributed by atoms with Crippen molar-refractivity contribution in [2.45, 2.75) is 182 Å². The zero-order valence-corrected chi connectivity index (χ0v) is 65.4. The molecule has 1 aromatic heterocycles. The zero-order valence-electron chi connectivity index (χ0n) is 63.8. The molecule has 0 radical (unpaired) electrons. The van der Waals surface area contributed by atoms with Gasteiger partial charge in [-0.2, -0.15) is 0 Å². The molecule has 26 N–H and O–H groups in total. The minimum Gasteiger partial charge on any atom is -0.480 e. The van der Waals surface area contributed by atoms with E-state index >= 15 is 14.4 Å². The standard InChI is InChI=1S/C76H104N18O19S2/c1-41(82-61(99)36-79)64(100)91-58-39-114-115-40-59(76(112)113)92-72(108)57(38-95)90-75(111)63(43(3)97)94-71(107)54(33-46-23-11-6-12-24-46)89-74(110)62(42(2)96)93-66(102)51(28-16-18-30-78)83-69(105)55(34-47-37-81-49-26-14-13-25-48(47)49)87-68(104)53(32-45-21-9-5-10-22-45)85-67(103)52(31-44-19-7-4-8-20-44)86-70(106)56(35-60(80)98)88-65(101)50(84-73(58)109)27-15-17-29-77/h4-14,19-26,37,41-43,50-59,62-63,81,95-97H,15-18,27-36,38-40,77-79H2,1-3H3,(H2,80,98)(H,82,99)(H,83,105)(H,84,109)(H,85,103)(H,86,106)(H,87,104)(H,88,101)(H,89,110)(H,90,111)(H,91,100)(H,92,108)(H,93,102)(H,94,107)(H,112,113)/t41-,42+,43+,50-,51-,52-,53-,54-,55+,56-,57-,58-,59+,62-,63-/m0/s1. The van der Waals surface area contributed by atoms with E-state index in [2.05, 4.69) is 74.1 Å². The number of aromatic nitrogens is 1. The van der Waals surface area contributed by atoms with E-state index in [4.69, 9.17) is 22.9 Å². The molecule has 0 bridgehead atoms. The Morgan fingerprint density at radius 3 is 1.30 bits per heavy atom. The molecule has 14 amide bonds. The number of aliphatic hydroxyl groups is 3. The molecule has 0 unspecified atom stereocenters. The minimum absolute atomic E-state index is 0.103. The number of primary amides is 1. The fraction of sp³-hybridized carbons (Fsp3) is 0.461. The van der Waals surface area contributed by atoms with Gasteiger partial charge in [-0.15, -0.1) is 0 Å². The van der Waals surface area contributed by atoms with Crippen LogP contribution in [-0.2, 0) is 97.6 Å². The highest BCUT2D eigenvalue weighted by Gasteiger charge is 2.40. The average Bonchev–Trinajstić information content (AvgIpc) is 1.51. The molecule has 15 atom stereocenters. The number of aliphatic hydroxyl groups excluding tert-OH is 3. The number of aliphatic carboxylic acids is 1. The van der Waals surface area contributed by atoms with Crippen molar-refractivity contribution in [3.05, 3.63) is 144 Å². The van der Waals surface area contributed by atoms with Crippen LogP contribution in [0.4, 0.5) is 0 Å². The third-order valence-corrected chi connectivity index (χ3v) is 20.8. The normalized spacial score (nSPS) is 23.7. The molecule has 4 aromatic carbocycles. The van der Waals surface area contributed by atoms with E-state index in [9.17, 15) is 78.0 Å². The van der Waals surface area contributed by atoms with Crippen LogP contribution in [0, 0.1) is 0 Å². The summed E-state index contributed by atoms with van der Waals surface area (Å²) in [4.78, 5) is 217. The highest BCUT2D eigenvalue weighted by Crippen LogP contribution is 2.25. The summed E-state index contributed by atoms with van der Waals surface area (Å²) >= 11 is 0. The van der Waals surface area contributed by atoms with Crippen LogP contribution in [0.25, 0.3) is 10.9 Å². The highest BCUT2D eigenvalue weighted by atomic mass is 33.1. The third-order valence-electron chi connectivity index (χ3n) is 18.4. The average molecular weight is 1640 g/mol. The Balaban J connectivity index is 1.47. The van der Waals surface area contributed by atoms with E-state index in [0.717, 1.165) is 35.4 Å². The molecule has 1 aliphatic rings. The second-order valence-electron chi connectivity index (χ2n) is 27.5. The van der Waals surface area contributed by atoms with Crippen molar-refractivity contribution in [1.29, 1.82) is 0 Å². The maximum Gasteiger partial charge on any atom is 0.327 e. The fourth-order valence-electron chi connectivity index (χ4n) is 12.0. The minimum atomic E-state index is -1.99. The van der Waals surface area contributed by atoms with Crippen molar-refractivity contribution in [3.63, 3.8) is 0 Å². The first-order valence-electron chi connectivity index (χ1n) is 37.4. The number of carbonyl (C=O) groups excluding carboxylic acids is 14. The molecule has 2 heterocycles. The van der Waals surface area contributed by atoms with Crippen LogP contribution in [0.2, 0.25) is 0 Å². The molecule has 0 spiro atoms. The summed E-state index contributed by atoms with van der Waals surface area (Å²) in [6.45, 7) is 1.99. The SMILES string of the molecule is C[C@H](NC(=O)CN)C(=O)N[C@H]1CSSC[C@H](C(=O)O)NC(=O)[C@H](CO)NC(=O)[C@H]([C@@H](C)O)NC(=O)[C@H](Cc2ccccc2)NC(=O)[C@H]([C@@H](C)O)NC(=O)[C@H](CCCCN)NC(=O)[C@@H](Cc2c[nH]c3ccccc23)NC(=O)[C@H](Cc2ccccc2)NC(=O)[C@H](Cc2ccccc2)NC(=O)[C@H](CC(N)=O)NC(=O)[C@H](CCCCN)NC1=O. The number of unbranched alkanes of at least 4 members (excludes halogenated alkanes) is 2. The van der Waals surface area contributed by atoms with Gasteiger partial charge >= 0.3 is 5.97 Å². The van der Waals surface area contributed by atoms with Gasteiger partial charge < -0.3 is 117 Å². The van der Waals surface area contributed by atoms with Gasteiger partial charge in [-0.25, -0.2) is 4.79 Å².